The summed E-state index contributed by atoms with van der Waals surface area (Å²) in [6.45, 7) is 0. The van der Waals surface area contributed by atoms with Gasteiger partial charge in [0.25, 0.3) is 0 Å². The number of hydrogen-bond acceptors (Lipinski definition) is 4. The van der Waals surface area contributed by atoms with Gasteiger partial charge in [0.15, 0.2) is 0 Å². The molecule has 0 radical (unpaired) electrons. The fraction of sp³-hybridized carbons (Fsp3) is 0.700. The Bertz CT molecular complexity index is 261. The lowest BCUT2D eigenvalue weighted by Gasteiger charge is -2.28. The molecule has 0 atom stereocenters. The maximum Gasteiger partial charge on any atom is 0.303 e. The lowest BCUT2D eigenvalue weighted by Crippen LogP contribution is -2.41. The number of carboxylic acid groups (broad SMARTS) is 3. The largest absolute Gasteiger partial charge is 0.481 e. The summed E-state index contributed by atoms with van der Waals surface area (Å²) < 4.78 is 0. The predicted molar refractivity (Wildman–Crippen MR) is 64.8 cm³/mol. The van der Waals surface area contributed by atoms with Crippen LogP contribution >= 0.6 is 12.4 Å². The smallest absolute Gasteiger partial charge is 0.303 e. The van der Waals surface area contributed by atoms with Crippen molar-refractivity contribution in [3.05, 3.63) is 0 Å². The Morgan fingerprint density at radius 1 is 0.778 bits per heavy atom. The molecule has 0 spiro atoms. The van der Waals surface area contributed by atoms with E-state index in [0.717, 1.165) is 0 Å². The van der Waals surface area contributed by atoms with Gasteiger partial charge >= 0.3 is 17.9 Å². The molecule has 18 heavy (non-hydrogen) atoms. The van der Waals surface area contributed by atoms with Crippen molar-refractivity contribution in [2.24, 2.45) is 5.73 Å². The number of carbonyl (C=O) groups is 3. The van der Waals surface area contributed by atoms with Crippen molar-refractivity contribution in [2.45, 2.75) is 44.1 Å². The van der Waals surface area contributed by atoms with E-state index in [0.29, 0.717) is 0 Å². The highest BCUT2D eigenvalue weighted by Crippen LogP contribution is 2.22. The lowest BCUT2D eigenvalue weighted by atomic mass is 9.85. The van der Waals surface area contributed by atoms with E-state index in [9.17, 15) is 14.4 Å². The highest BCUT2D eigenvalue weighted by Gasteiger charge is 2.27. The Labute approximate surface area is 110 Å². The van der Waals surface area contributed by atoms with Crippen molar-refractivity contribution in [1.29, 1.82) is 0 Å². The molecule has 0 unspecified atom stereocenters. The molecule has 106 valence electrons. The van der Waals surface area contributed by atoms with Crippen molar-refractivity contribution >= 4 is 30.3 Å². The lowest BCUT2D eigenvalue weighted by molar-refractivity contribution is -0.137. The van der Waals surface area contributed by atoms with Crippen LogP contribution < -0.4 is 5.73 Å². The molecule has 0 fully saturated rings. The number of hydrogen-bond donors (Lipinski definition) is 4. The first-order chi connectivity index (χ1) is 7.75. The van der Waals surface area contributed by atoms with Gasteiger partial charge in [-0.3, -0.25) is 14.4 Å². The molecule has 0 aromatic heterocycles. The molecule has 5 N–H and O–H groups in total. The third kappa shape index (κ3) is 9.86. The second kappa shape index (κ2) is 8.71. The van der Waals surface area contributed by atoms with Gasteiger partial charge in [0.2, 0.25) is 0 Å². The minimum absolute atomic E-state index is 0. The van der Waals surface area contributed by atoms with E-state index in [1.54, 1.807) is 0 Å². The van der Waals surface area contributed by atoms with E-state index in [-0.39, 0.29) is 50.9 Å². The summed E-state index contributed by atoms with van der Waals surface area (Å²) in [5.41, 5.74) is 4.81. The van der Waals surface area contributed by atoms with Crippen LogP contribution in [0.25, 0.3) is 0 Å². The molecule has 0 aromatic rings. The maximum absolute atomic E-state index is 10.4. The number of nitrogens with two attached hydrogens (primary N) is 1. The Balaban J connectivity index is 0. The van der Waals surface area contributed by atoms with Gasteiger partial charge < -0.3 is 21.1 Å². The first-order valence-corrected chi connectivity index (χ1v) is 5.19. The van der Waals surface area contributed by atoms with Crippen LogP contribution in [0.3, 0.4) is 0 Å². The summed E-state index contributed by atoms with van der Waals surface area (Å²) in [7, 11) is 0. The SMILES string of the molecule is Cl.NC(CCC(=O)O)(CCC(=O)O)CCC(=O)O. The summed E-state index contributed by atoms with van der Waals surface area (Å²) in [4.78, 5) is 31.3. The number of carboxylic acids is 3. The van der Waals surface area contributed by atoms with E-state index in [2.05, 4.69) is 0 Å². The van der Waals surface area contributed by atoms with Crippen LogP contribution in [0.1, 0.15) is 38.5 Å². The summed E-state index contributed by atoms with van der Waals surface area (Å²) in [5, 5.41) is 25.6. The van der Waals surface area contributed by atoms with Crippen LogP contribution in [0.2, 0.25) is 0 Å². The number of rotatable bonds is 9. The third-order valence-electron chi connectivity index (χ3n) is 2.51. The quantitative estimate of drug-likeness (QED) is 0.488. The van der Waals surface area contributed by atoms with Crippen LogP contribution in [0, 0.1) is 0 Å². The summed E-state index contributed by atoms with van der Waals surface area (Å²) in [5.74, 6) is -3.11. The molecule has 0 amide bonds. The van der Waals surface area contributed by atoms with Crippen molar-refractivity contribution in [1.82, 2.24) is 0 Å². The first-order valence-electron chi connectivity index (χ1n) is 5.19. The molecule has 7 nitrogen and oxygen atoms in total. The highest BCUT2D eigenvalue weighted by atomic mass is 35.5. The van der Waals surface area contributed by atoms with E-state index >= 15 is 0 Å². The third-order valence-corrected chi connectivity index (χ3v) is 2.51. The Morgan fingerprint density at radius 2 is 1.00 bits per heavy atom. The fourth-order valence-corrected chi connectivity index (χ4v) is 1.44. The second-order valence-corrected chi connectivity index (χ2v) is 4.04. The second-order valence-electron chi connectivity index (χ2n) is 4.04. The van der Waals surface area contributed by atoms with Crippen molar-refractivity contribution < 1.29 is 29.7 Å². The molecule has 0 aliphatic rings. The van der Waals surface area contributed by atoms with E-state index in [1.165, 1.54) is 0 Å². The average molecular weight is 284 g/mol. The molecular formula is C10H18ClNO6. The van der Waals surface area contributed by atoms with Crippen LogP contribution in [-0.4, -0.2) is 38.8 Å². The summed E-state index contributed by atoms with van der Waals surface area (Å²) >= 11 is 0. The first kappa shape index (κ1) is 19.0. The molecule has 8 heteroatoms. The van der Waals surface area contributed by atoms with Gasteiger partial charge in [0.1, 0.15) is 0 Å². The highest BCUT2D eigenvalue weighted by molar-refractivity contribution is 5.85. The molecule has 0 bridgehead atoms. The van der Waals surface area contributed by atoms with E-state index < -0.39 is 23.4 Å². The minimum atomic E-state index is -1.05. The standard InChI is InChI=1S/C10H17NO6.ClH/c11-10(4-1-7(12)13,5-2-8(14)15)6-3-9(16)17;/h1-6,11H2,(H,12,13)(H,14,15)(H,16,17);1H. The summed E-state index contributed by atoms with van der Waals surface area (Å²) in [6.07, 6.45) is -0.379. The maximum atomic E-state index is 10.4. The van der Waals surface area contributed by atoms with Gasteiger partial charge in [0.05, 0.1) is 0 Å². The molecule has 0 aliphatic heterocycles. The fourth-order valence-electron chi connectivity index (χ4n) is 1.44. The van der Waals surface area contributed by atoms with Crippen LogP contribution in [0.5, 0.6) is 0 Å². The van der Waals surface area contributed by atoms with Gasteiger partial charge in [-0.1, -0.05) is 0 Å². The van der Waals surface area contributed by atoms with Gasteiger partial charge in [-0.25, -0.2) is 0 Å². The van der Waals surface area contributed by atoms with Crippen molar-refractivity contribution in [3.63, 3.8) is 0 Å². The normalized spacial score (nSPS) is 10.5. The van der Waals surface area contributed by atoms with Crippen LogP contribution in [0.15, 0.2) is 0 Å². The Morgan fingerprint density at radius 3 is 1.17 bits per heavy atom. The zero-order valence-corrected chi connectivity index (χ0v) is 10.6. The summed E-state index contributed by atoms with van der Waals surface area (Å²) in [6, 6.07) is 0. The van der Waals surface area contributed by atoms with Gasteiger partial charge in [-0.05, 0) is 19.3 Å². The van der Waals surface area contributed by atoms with E-state index in [4.69, 9.17) is 21.1 Å². The number of halogens is 1. The van der Waals surface area contributed by atoms with Gasteiger partial charge in [-0.15, -0.1) is 12.4 Å². The zero-order valence-electron chi connectivity index (χ0n) is 9.79. The topological polar surface area (TPSA) is 138 Å². The molecule has 0 heterocycles. The van der Waals surface area contributed by atoms with Crippen molar-refractivity contribution in [2.75, 3.05) is 0 Å². The van der Waals surface area contributed by atoms with Gasteiger partial charge in [0, 0.05) is 24.8 Å². The van der Waals surface area contributed by atoms with Crippen molar-refractivity contribution in [3.8, 4) is 0 Å². The number of aliphatic carboxylic acids is 3. The van der Waals surface area contributed by atoms with Crippen LogP contribution in [0.4, 0.5) is 0 Å². The Kier molecular flexibility index (Phi) is 9.20. The average Bonchev–Trinajstić information content (AvgIpc) is 2.21. The minimum Gasteiger partial charge on any atom is -0.481 e. The molecule has 0 rings (SSSR count). The van der Waals surface area contributed by atoms with Gasteiger partial charge in [-0.2, -0.15) is 0 Å². The zero-order chi connectivity index (χ0) is 13.5. The molecule has 0 aliphatic carbocycles. The molecule has 0 aromatic carbocycles. The monoisotopic (exact) mass is 283 g/mol. The Hall–Kier alpha value is -1.34. The molecule has 0 saturated carbocycles. The van der Waals surface area contributed by atoms with E-state index in [1.807, 2.05) is 0 Å². The van der Waals surface area contributed by atoms with Crippen LogP contribution in [-0.2, 0) is 14.4 Å². The molecule has 0 saturated heterocycles. The molecular weight excluding hydrogens is 266 g/mol. The predicted octanol–water partition coefficient (Wildman–Crippen LogP) is 0.700.